The van der Waals surface area contributed by atoms with E-state index in [0.717, 1.165) is 61.0 Å². The van der Waals surface area contributed by atoms with Gasteiger partial charge in [-0.2, -0.15) is 0 Å². The van der Waals surface area contributed by atoms with Crippen molar-refractivity contribution in [3.8, 4) is 16.8 Å². The molecule has 0 bridgehead atoms. The molecule has 13 rings (SSSR count). The lowest BCUT2D eigenvalue weighted by molar-refractivity contribution is 0.673. The maximum atomic E-state index is 7.13. The predicted molar refractivity (Wildman–Crippen MR) is 258 cm³/mol. The van der Waals surface area contributed by atoms with Gasteiger partial charge in [-0.25, -0.2) is 0 Å². The zero-order chi connectivity index (χ0) is 40.8. The maximum Gasteiger partial charge on any atom is 0.159 e. The number of benzene rings is 10. The normalized spacial score (nSPS) is 13.0. The Morgan fingerprint density at radius 2 is 0.952 bits per heavy atom. The molecule has 12 aromatic rings. The zero-order valence-electron chi connectivity index (χ0n) is 33.7. The minimum Gasteiger partial charge on any atom is -0.453 e. The fourth-order valence-electron chi connectivity index (χ4n) is 10.6. The van der Waals surface area contributed by atoms with E-state index in [1.54, 1.807) is 0 Å². The standard InChI is InChI=1S/C59H38N2O/c1-4-18-40(19-5-1)59(41-20-6-2-7-21-41)52-28-14-12-25-46(52)47-35-32-43(37-53(47)59)60(55-30-16-27-50-51-34-31-39-17-10-11-24-45(39)57(51)62-58(50)55)44-33-36-49-48-26-13-15-29-54(48)61(56(49)38-44)42-22-8-3-9-23-42/h1-38H. The molecule has 1 aliphatic rings. The minimum atomic E-state index is -0.551. The van der Waals surface area contributed by atoms with E-state index in [4.69, 9.17) is 4.42 Å². The van der Waals surface area contributed by atoms with Crippen molar-refractivity contribution in [2.45, 2.75) is 5.41 Å². The van der Waals surface area contributed by atoms with Crippen LogP contribution >= 0.6 is 0 Å². The largest absolute Gasteiger partial charge is 0.453 e. The second-order valence-electron chi connectivity index (χ2n) is 16.4. The molecule has 0 N–H and O–H groups in total. The number of hydrogen-bond acceptors (Lipinski definition) is 2. The highest BCUT2D eigenvalue weighted by atomic mass is 16.3. The molecule has 0 aliphatic heterocycles. The number of rotatable bonds is 6. The summed E-state index contributed by atoms with van der Waals surface area (Å²) in [4.78, 5) is 2.42. The molecule has 2 heterocycles. The van der Waals surface area contributed by atoms with E-state index in [2.05, 4.69) is 240 Å². The number of nitrogens with zero attached hydrogens (tertiary/aromatic N) is 2. The van der Waals surface area contributed by atoms with Gasteiger partial charge in [-0.05, 0) is 93.4 Å². The molecule has 62 heavy (non-hydrogen) atoms. The predicted octanol–water partition coefficient (Wildman–Crippen LogP) is 15.7. The molecule has 0 radical (unpaired) electrons. The molecule has 3 nitrogen and oxygen atoms in total. The summed E-state index contributed by atoms with van der Waals surface area (Å²) in [5.74, 6) is 0. The Balaban J connectivity index is 1.13. The van der Waals surface area contributed by atoms with Gasteiger partial charge < -0.3 is 13.9 Å². The van der Waals surface area contributed by atoms with Crippen molar-refractivity contribution in [3.05, 3.63) is 253 Å². The average Bonchev–Trinajstić information content (AvgIpc) is 3.99. The lowest BCUT2D eigenvalue weighted by Crippen LogP contribution is -2.28. The number of fused-ring (bicyclic) bond motifs is 11. The van der Waals surface area contributed by atoms with Crippen molar-refractivity contribution >= 4 is 71.6 Å². The van der Waals surface area contributed by atoms with Crippen molar-refractivity contribution in [1.82, 2.24) is 4.57 Å². The first-order valence-corrected chi connectivity index (χ1v) is 21.3. The van der Waals surface area contributed by atoms with Gasteiger partial charge in [0.05, 0.1) is 22.1 Å². The first kappa shape index (κ1) is 34.7. The molecule has 2 aromatic heterocycles. The molecule has 0 amide bonds. The van der Waals surface area contributed by atoms with Crippen molar-refractivity contribution in [2.24, 2.45) is 0 Å². The molecule has 0 atom stereocenters. The first-order chi connectivity index (χ1) is 30.8. The van der Waals surface area contributed by atoms with Gasteiger partial charge in [-0.15, -0.1) is 0 Å². The highest BCUT2D eigenvalue weighted by Gasteiger charge is 2.46. The highest BCUT2D eigenvalue weighted by molar-refractivity contribution is 6.18. The van der Waals surface area contributed by atoms with Gasteiger partial charge in [-0.3, -0.25) is 0 Å². The summed E-state index contributed by atoms with van der Waals surface area (Å²) in [7, 11) is 0. The second-order valence-corrected chi connectivity index (χ2v) is 16.4. The van der Waals surface area contributed by atoms with Gasteiger partial charge in [0.25, 0.3) is 0 Å². The third-order valence-electron chi connectivity index (χ3n) is 13.2. The zero-order valence-corrected chi connectivity index (χ0v) is 33.7. The van der Waals surface area contributed by atoms with Crippen LogP contribution in [0.25, 0.3) is 71.3 Å². The fourth-order valence-corrected chi connectivity index (χ4v) is 10.6. The third kappa shape index (κ3) is 4.88. The van der Waals surface area contributed by atoms with E-state index in [1.807, 2.05) is 0 Å². The number of aromatic nitrogens is 1. The van der Waals surface area contributed by atoms with Crippen LogP contribution in [0, 0.1) is 0 Å². The van der Waals surface area contributed by atoms with Crippen LogP contribution in [0.1, 0.15) is 22.3 Å². The fraction of sp³-hybridized carbons (Fsp3) is 0.0169. The quantitative estimate of drug-likeness (QED) is 0.167. The summed E-state index contributed by atoms with van der Waals surface area (Å²) in [6.45, 7) is 0. The maximum absolute atomic E-state index is 7.13. The van der Waals surface area contributed by atoms with E-state index in [1.165, 1.54) is 49.7 Å². The van der Waals surface area contributed by atoms with E-state index in [-0.39, 0.29) is 0 Å². The van der Waals surface area contributed by atoms with Crippen molar-refractivity contribution < 1.29 is 4.42 Å². The van der Waals surface area contributed by atoms with Gasteiger partial charge in [0.15, 0.2) is 5.58 Å². The molecular weight excluding hydrogens is 753 g/mol. The summed E-state index contributed by atoms with van der Waals surface area (Å²) in [5.41, 5.74) is 15.2. The Labute approximate surface area is 359 Å². The Bertz CT molecular complexity index is 3660. The second kappa shape index (κ2) is 13.4. The SMILES string of the molecule is c1ccc(-n2c3ccccc3c3ccc(N(c4ccc5c(c4)C(c4ccccc4)(c4ccccc4)c4ccccc4-5)c4cccc5c4oc4c6ccccc6ccc54)cc32)cc1. The van der Waals surface area contributed by atoms with E-state index >= 15 is 0 Å². The van der Waals surface area contributed by atoms with Crippen LogP contribution in [-0.4, -0.2) is 4.57 Å². The van der Waals surface area contributed by atoms with Crippen LogP contribution < -0.4 is 4.90 Å². The molecule has 290 valence electrons. The number of para-hydroxylation sites is 3. The lowest BCUT2D eigenvalue weighted by Gasteiger charge is -2.35. The molecule has 0 saturated carbocycles. The topological polar surface area (TPSA) is 21.3 Å². The van der Waals surface area contributed by atoms with Crippen molar-refractivity contribution in [1.29, 1.82) is 0 Å². The van der Waals surface area contributed by atoms with Crippen LogP contribution in [0.15, 0.2) is 235 Å². The van der Waals surface area contributed by atoms with E-state index < -0.39 is 5.41 Å². The highest BCUT2D eigenvalue weighted by Crippen LogP contribution is 2.57. The summed E-state index contributed by atoms with van der Waals surface area (Å²) in [6.07, 6.45) is 0. The molecule has 0 spiro atoms. The Morgan fingerprint density at radius 3 is 1.76 bits per heavy atom. The van der Waals surface area contributed by atoms with E-state index in [0.29, 0.717) is 0 Å². The van der Waals surface area contributed by atoms with Crippen LogP contribution in [0.5, 0.6) is 0 Å². The monoisotopic (exact) mass is 790 g/mol. The van der Waals surface area contributed by atoms with Gasteiger partial charge in [0, 0.05) is 44.0 Å². The Kier molecular flexibility index (Phi) is 7.52. The number of anilines is 3. The van der Waals surface area contributed by atoms with Gasteiger partial charge >= 0.3 is 0 Å². The molecular formula is C59H38N2O. The van der Waals surface area contributed by atoms with Crippen molar-refractivity contribution in [2.75, 3.05) is 4.90 Å². The van der Waals surface area contributed by atoms with Gasteiger partial charge in [0.1, 0.15) is 5.58 Å². The summed E-state index contributed by atoms with van der Waals surface area (Å²) < 4.78 is 9.52. The van der Waals surface area contributed by atoms with Gasteiger partial charge in [-0.1, -0.05) is 176 Å². The summed E-state index contributed by atoms with van der Waals surface area (Å²) in [6, 6.07) is 84.0. The minimum absolute atomic E-state index is 0.551. The first-order valence-electron chi connectivity index (χ1n) is 21.3. The van der Waals surface area contributed by atoms with Crippen LogP contribution in [0.2, 0.25) is 0 Å². The summed E-state index contributed by atoms with van der Waals surface area (Å²) >= 11 is 0. The van der Waals surface area contributed by atoms with Crippen molar-refractivity contribution in [3.63, 3.8) is 0 Å². The molecule has 1 aliphatic carbocycles. The van der Waals surface area contributed by atoms with E-state index in [9.17, 15) is 0 Å². The molecule has 0 saturated heterocycles. The third-order valence-corrected chi connectivity index (χ3v) is 13.2. The molecule has 0 fully saturated rings. The molecule has 0 unspecified atom stereocenters. The molecule has 10 aromatic carbocycles. The smallest absolute Gasteiger partial charge is 0.159 e. The Morgan fingerprint density at radius 1 is 0.371 bits per heavy atom. The summed E-state index contributed by atoms with van der Waals surface area (Å²) in [5, 5.41) is 6.90. The Hall–Kier alpha value is -8.14. The number of hydrogen-bond donors (Lipinski definition) is 0. The molecule has 3 heteroatoms. The van der Waals surface area contributed by atoms with Crippen LogP contribution in [-0.2, 0) is 5.41 Å². The lowest BCUT2D eigenvalue weighted by atomic mass is 9.67. The van der Waals surface area contributed by atoms with Crippen LogP contribution in [0.3, 0.4) is 0 Å². The van der Waals surface area contributed by atoms with Gasteiger partial charge in [0.2, 0.25) is 0 Å². The average molecular weight is 791 g/mol. The van der Waals surface area contributed by atoms with Crippen LogP contribution in [0.4, 0.5) is 17.1 Å². The number of furan rings is 1.